The van der Waals surface area contributed by atoms with Crippen LogP contribution in [-0.4, -0.2) is 48.2 Å². The van der Waals surface area contributed by atoms with Crippen LogP contribution in [0.4, 0.5) is 10.1 Å². The second kappa shape index (κ2) is 7.45. The maximum atomic E-state index is 13.9. The molecule has 3 heterocycles. The molecule has 0 radical (unpaired) electrons. The number of carbonyl (C=O) groups excluding carboxylic acids is 1. The molecule has 1 unspecified atom stereocenters. The first-order valence-corrected chi connectivity index (χ1v) is 9.25. The van der Waals surface area contributed by atoms with Crippen molar-refractivity contribution < 1.29 is 9.18 Å². The second-order valence-electron chi connectivity index (χ2n) is 7.00. The van der Waals surface area contributed by atoms with E-state index in [4.69, 9.17) is 0 Å². The predicted molar refractivity (Wildman–Crippen MR) is 97.9 cm³/mol. The van der Waals surface area contributed by atoms with Crippen molar-refractivity contribution in [1.82, 2.24) is 20.2 Å². The van der Waals surface area contributed by atoms with E-state index in [0.29, 0.717) is 23.8 Å². The number of rotatable bonds is 4. The zero-order valence-corrected chi connectivity index (χ0v) is 14.7. The van der Waals surface area contributed by atoms with Crippen LogP contribution in [0.3, 0.4) is 0 Å². The molecule has 1 fully saturated rings. The SMILES string of the molecule is O=C(NCC1CCN(c2ccccc2F)C1)c1cn2c(n1)CCNCC2. The number of imidazole rings is 1. The Morgan fingerprint density at radius 2 is 2.19 bits per heavy atom. The summed E-state index contributed by atoms with van der Waals surface area (Å²) in [5.74, 6) is 0.976. The Morgan fingerprint density at radius 1 is 1.31 bits per heavy atom. The standard InChI is InChI=1S/C19H24FN5O/c20-15-3-1-2-4-17(15)24-9-6-14(12-24)11-22-19(26)16-13-25-10-8-21-7-5-18(25)23-16/h1-4,13-14,21H,5-12H2,(H,22,26). The molecule has 2 aromatic rings. The molecule has 26 heavy (non-hydrogen) atoms. The number of benzene rings is 1. The van der Waals surface area contributed by atoms with Gasteiger partial charge in [-0.15, -0.1) is 0 Å². The van der Waals surface area contributed by atoms with Gasteiger partial charge >= 0.3 is 0 Å². The van der Waals surface area contributed by atoms with Gasteiger partial charge in [0.05, 0.1) is 5.69 Å². The first-order valence-electron chi connectivity index (χ1n) is 9.25. The van der Waals surface area contributed by atoms with Gasteiger partial charge in [0, 0.05) is 51.9 Å². The average molecular weight is 357 g/mol. The summed E-state index contributed by atoms with van der Waals surface area (Å²) in [6.07, 6.45) is 3.63. The third-order valence-electron chi connectivity index (χ3n) is 5.18. The Balaban J connectivity index is 1.32. The van der Waals surface area contributed by atoms with Gasteiger partial charge in [-0.05, 0) is 24.5 Å². The van der Waals surface area contributed by atoms with Crippen molar-refractivity contribution >= 4 is 11.6 Å². The number of anilines is 1. The van der Waals surface area contributed by atoms with E-state index in [2.05, 4.69) is 25.1 Å². The van der Waals surface area contributed by atoms with E-state index in [1.54, 1.807) is 6.07 Å². The number of aromatic nitrogens is 2. The highest BCUT2D eigenvalue weighted by Gasteiger charge is 2.25. The summed E-state index contributed by atoms with van der Waals surface area (Å²) >= 11 is 0. The molecule has 7 heteroatoms. The lowest BCUT2D eigenvalue weighted by atomic mass is 10.1. The van der Waals surface area contributed by atoms with Gasteiger partial charge < -0.3 is 20.1 Å². The number of halogens is 1. The molecular formula is C19H24FN5O. The molecule has 1 atom stereocenters. The smallest absolute Gasteiger partial charge is 0.271 e. The molecule has 2 aliphatic heterocycles. The highest BCUT2D eigenvalue weighted by atomic mass is 19.1. The topological polar surface area (TPSA) is 62.2 Å². The molecule has 6 nitrogen and oxygen atoms in total. The fraction of sp³-hybridized carbons (Fsp3) is 0.474. The minimum Gasteiger partial charge on any atom is -0.369 e. The number of nitrogens with zero attached hydrogens (tertiary/aromatic N) is 3. The van der Waals surface area contributed by atoms with Gasteiger partial charge in [-0.2, -0.15) is 0 Å². The molecule has 1 aromatic carbocycles. The molecule has 0 saturated carbocycles. The summed E-state index contributed by atoms with van der Waals surface area (Å²) in [5.41, 5.74) is 1.14. The third-order valence-corrected chi connectivity index (χ3v) is 5.18. The Hall–Kier alpha value is -2.41. The summed E-state index contributed by atoms with van der Waals surface area (Å²) < 4.78 is 16.0. The lowest BCUT2D eigenvalue weighted by molar-refractivity contribution is 0.0943. The van der Waals surface area contributed by atoms with Crippen molar-refractivity contribution in [3.8, 4) is 0 Å². The Bertz CT molecular complexity index is 766. The molecule has 0 bridgehead atoms. The summed E-state index contributed by atoms with van der Waals surface area (Å²) in [5, 5.41) is 6.32. The lowest BCUT2D eigenvalue weighted by Crippen LogP contribution is -2.31. The highest BCUT2D eigenvalue weighted by molar-refractivity contribution is 5.92. The van der Waals surface area contributed by atoms with Crippen molar-refractivity contribution in [3.63, 3.8) is 0 Å². The van der Waals surface area contributed by atoms with E-state index >= 15 is 0 Å². The van der Waals surface area contributed by atoms with Gasteiger partial charge in [-0.25, -0.2) is 9.37 Å². The van der Waals surface area contributed by atoms with Crippen LogP contribution < -0.4 is 15.5 Å². The number of hydrogen-bond donors (Lipinski definition) is 2. The van der Waals surface area contributed by atoms with Crippen LogP contribution >= 0.6 is 0 Å². The molecule has 2 aliphatic rings. The van der Waals surface area contributed by atoms with Crippen molar-refractivity contribution in [3.05, 3.63) is 47.8 Å². The van der Waals surface area contributed by atoms with Gasteiger partial charge in [0.2, 0.25) is 0 Å². The summed E-state index contributed by atoms with van der Waals surface area (Å²) in [7, 11) is 0. The maximum absolute atomic E-state index is 13.9. The van der Waals surface area contributed by atoms with Crippen LogP contribution in [0.1, 0.15) is 22.7 Å². The van der Waals surface area contributed by atoms with Crippen LogP contribution in [0, 0.1) is 11.7 Å². The van der Waals surface area contributed by atoms with Crippen molar-refractivity contribution in [1.29, 1.82) is 0 Å². The quantitative estimate of drug-likeness (QED) is 0.869. The monoisotopic (exact) mass is 357 g/mol. The molecule has 0 spiro atoms. The Labute approximate surface area is 152 Å². The van der Waals surface area contributed by atoms with Crippen LogP contribution in [0.2, 0.25) is 0 Å². The maximum Gasteiger partial charge on any atom is 0.271 e. The summed E-state index contributed by atoms with van der Waals surface area (Å²) in [4.78, 5) is 19.0. The van der Waals surface area contributed by atoms with Crippen molar-refractivity contribution in [2.45, 2.75) is 19.4 Å². The number of fused-ring (bicyclic) bond motifs is 1. The molecule has 0 aliphatic carbocycles. The number of para-hydroxylation sites is 1. The zero-order chi connectivity index (χ0) is 17.9. The van der Waals surface area contributed by atoms with Crippen molar-refractivity contribution in [2.24, 2.45) is 5.92 Å². The van der Waals surface area contributed by atoms with Crippen LogP contribution in [0.5, 0.6) is 0 Å². The molecular weight excluding hydrogens is 333 g/mol. The fourth-order valence-electron chi connectivity index (χ4n) is 3.74. The van der Waals surface area contributed by atoms with Gasteiger partial charge in [0.15, 0.2) is 0 Å². The predicted octanol–water partition coefficient (Wildman–Crippen LogP) is 1.42. The first kappa shape index (κ1) is 17.0. The van der Waals surface area contributed by atoms with E-state index in [0.717, 1.165) is 51.4 Å². The van der Waals surface area contributed by atoms with E-state index in [9.17, 15) is 9.18 Å². The van der Waals surface area contributed by atoms with E-state index in [-0.39, 0.29) is 11.7 Å². The van der Waals surface area contributed by atoms with Crippen LogP contribution in [-0.2, 0) is 13.0 Å². The van der Waals surface area contributed by atoms with E-state index in [1.165, 1.54) is 6.07 Å². The molecule has 1 aromatic heterocycles. The van der Waals surface area contributed by atoms with E-state index in [1.807, 2.05) is 18.3 Å². The Morgan fingerprint density at radius 3 is 3.08 bits per heavy atom. The summed E-state index contributed by atoms with van der Waals surface area (Å²) in [6.45, 7) is 4.80. The third kappa shape index (κ3) is 3.58. The highest BCUT2D eigenvalue weighted by Crippen LogP contribution is 2.25. The fourth-order valence-corrected chi connectivity index (χ4v) is 3.74. The van der Waals surface area contributed by atoms with Gasteiger partial charge in [0.25, 0.3) is 5.91 Å². The van der Waals surface area contributed by atoms with Crippen LogP contribution in [0.25, 0.3) is 0 Å². The molecule has 1 amide bonds. The molecule has 1 saturated heterocycles. The zero-order valence-electron chi connectivity index (χ0n) is 14.7. The number of hydrogen-bond acceptors (Lipinski definition) is 4. The largest absolute Gasteiger partial charge is 0.369 e. The lowest BCUT2D eigenvalue weighted by Gasteiger charge is -2.19. The summed E-state index contributed by atoms with van der Waals surface area (Å²) in [6, 6.07) is 6.85. The van der Waals surface area contributed by atoms with Gasteiger partial charge in [-0.3, -0.25) is 4.79 Å². The number of nitrogens with one attached hydrogen (secondary N) is 2. The number of amides is 1. The Kier molecular flexibility index (Phi) is 4.88. The molecule has 4 rings (SSSR count). The first-order chi connectivity index (χ1) is 12.7. The van der Waals surface area contributed by atoms with Crippen LogP contribution in [0.15, 0.2) is 30.5 Å². The second-order valence-corrected chi connectivity index (χ2v) is 7.00. The van der Waals surface area contributed by atoms with Gasteiger partial charge in [-0.1, -0.05) is 12.1 Å². The van der Waals surface area contributed by atoms with E-state index < -0.39 is 0 Å². The number of carbonyl (C=O) groups is 1. The minimum atomic E-state index is -0.189. The van der Waals surface area contributed by atoms with Crippen molar-refractivity contribution in [2.75, 3.05) is 37.6 Å². The average Bonchev–Trinajstić information content (AvgIpc) is 3.22. The molecule has 138 valence electrons. The van der Waals surface area contributed by atoms with Gasteiger partial charge in [0.1, 0.15) is 17.3 Å². The normalized spacial score (nSPS) is 19.9. The minimum absolute atomic E-state index is 0.122. The molecule has 2 N–H and O–H groups in total.